The van der Waals surface area contributed by atoms with Crippen molar-refractivity contribution in [3.8, 4) is 0 Å². The highest BCUT2D eigenvalue weighted by molar-refractivity contribution is 5.53. The van der Waals surface area contributed by atoms with Crippen molar-refractivity contribution in [2.75, 3.05) is 11.9 Å². The fourth-order valence-electron chi connectivity index (χ4n) is 1.61. The third-order valence-corrected chi connectivity index (χ3v) is 2.25. The van der Waals surface area contributed by atoms with E-state index in [0.29, 0.717) is 0 Å². The SMILES string of the molecule is C/C=C/c1ccc2c(n1)NCCC2. The zero-order valence-corrected chi connectivity index (χ0v) is 7.88. The second-order valence-electron chi connectivity index (χ2n) is 3.27. The van der Waals surface area contributed by atoms with E-state index in [1.807, 2.05) is 19.1 Å². The summed E-state index contributed by atoms with van der Waals surface area (Å²) in [6, 6.07) is 4.25. The van der Waals surface area contributed by atoms with Gasteiger partial charge in [0.15, 0.2) is 0 Å². The summed E-state index contributed by atoms with van der Waals surface area (Å²) in [5.41, 5.74) is 2.38. The van der Waals surface area contributed by atoms with Crippen molar-refractivity contribution in [3.63, 3.8) is 0 Å². The first kappa shape index (κ1) is 8.30. The molecule has 0 bridgehead atoms. The molecule has 1 aliphatic rings. The molecule has 0 unspecified atom stereocenters. The predicted octanol–water partition coefficient (Wildman–Crippen LogP) is 2.47. The molecule has 0 fully saturated rings. The zero-order chi connectivity index (χ0) is 9.10. The zero-order valence-electron chi connectivity index (χ0n) is 7.88. The van der Waals surface area contributed by atoms with E-state index in [-0.39, 0.29) is 0 Å². The van der Waals surface area contributed by atoms with Gasteiger partial charge in [0, 0.05) is 6.54 Å². The summed E-state index contributed by atoms with van der Waals surface area (Å²) in [6.45, 7) is 3.06. The number of rotatable bonds is 1. The molecule has 13 heavy (non-hydrogen) atoms. The van der Waals surface area contributed by atoms with Crippen LogP contribution in [0.2, 0.25) is 0 Å². The van der Waals surface area contributed by atoms with Crippen LogP contribution in [0.4, 0.5) is 5.82 Å². The standard InChI is InChI=1S/C11H14N2/c1-2-4-10-7-6-9-5-3-8-12-11(9)13-10/h2,4,6-7H,3,5,8H2,1H3,(H,12,13)/b4-2+. The van der Waals surface area contributed by atoms with E-state index in [1.54, 1.807) is 0 Å². The number of nitrogens with zero attached hydrogens (tertiary/aromatic N) is 1. The van der Waals surface area contributed by atoms with Crippen molar-refractivity contribution in [3.05, 3.63) is 29.5 Å². The average molecular weight is 174 g/mol. The normalized spacial score (nSPS) is 15.5. The van der Waals surface area contributed by atoms with E-state index in [2.05, 4.69) is 22.4 Å². The summed E-state index contributed by atoms with van der Waals surface area (Å²) in [6.07, 6.45) is 6.41. The summed E-state index contributed by atoms with van der Waals surface area (Å²) >= 11 is 0. The maximum absolute atomic E-state index is 4.51. The van der Waals surface area contributed by atoms with Gasteiger partial charge >= 0.3 is 0 Å². The third kappa shape index (κ3) is 1.72. The Morgan fingerprint density at radius 2 is 2.38 bits per heavy atom. The molecule has 1 N–H and O–H groups in total. The van der Waals surface area contributed by atoms with E-state index in [9.17, 15) is 0 Å². The molecule has 0 saturated carbocycles. The molecular formula is C11H14N2. The first-order valence-electron chi connectivity index (χ1n) is 4.76. The highest BCUT2D eigenvalue weighted by atomic mass is 15.0. The first-order chi connectivity index (χ1) is 6.40. The Kier molecular flexibility index (Phi) is 2.30. The minimum absolute atomic E-state index is 1.04. The van der Waals surface area contributed by atoms with Gasteiger partial charge in [0.05, 0.1) is 5.69 Å². The van der Waals surface area contributed by atoms with Gasteiger partial charge < -0.3 is 5.32 Å². The van der Waals surface area contributed by atoms with Crippen LogP contribution in [0, 0.1) is 0 Å². The summed E-state index contributed by atoms with van der Waals surface area (Å²) < 4.78 is 0. The smallest absolute Gasteiger partial charge is 0.129 e. The molecule has 2 heterocycles. The van der Waals surface area contributed by atoms with E-state index in [4.69, 9.17) is 0 Å². The molecule has 1 aliphatic heterocycles. The first-order valence-corrected chi connectivity index (χ1v) is 4.76. The number of hydrogen-bond donors (Lipinski definition) is 1. The molecule has 0 aromatic carbocycles. The number of nitrogens with one attached hydrogen (secondary N) is 1. The van der Waals surface area contributed by atoms with Crippen molar-refractivity contribution in [2.24, 2.45) is 0 Å². The van der Waals surface area contributed by atoms with Gasteiger partial charge in [-0.25, -0.2) is 4.98 Å². The molecule has 0 atom stereocenters. The Morgan fingerprint density at radius 1 is 1.46 bits per heavy atom. The average Bonchev–Trinajstić information content (AvgIpc) is 2.18. The van der Waals surface area contributed by atoms with Gasteiger partial charge in [-0.2, -0.15) is 0 Å². The van der Waals surface area contributed by atoms with Gasteiger partial charge in [0.2, 0.25) is 0 Å². The molecule has 2 rings (SSSR count). The molecule has 0 amide bonds. The molecule has 0 saturated heterocycles. The van der Waals surface area contributed by atoms with Crippen molar-refractivity contribution >= 4 is 11.9 Å². The minimum atomic E-state index is 1.04. The van der Waals surface area contributed by atoms with Gasteiger partial charge in [-0.1, -0.05) is 12.1 Å². The van der Waals surface area contributed by atoms with E-state index >= 15 is 0 Å². The van der Waals surface area contributed by atoms with Crippen LogP contribution < -0.4 is 5.32 Å². The number of pyridine rings is 1. The highest BCUT2D eigenvalue weighted by Crippen LogP contribution is 2.19. The molecule has 1 aromatic heterocycles. The van der Waals surface area contributed by atoms with Crippen LogP contribution in [0.3, 0.4) is 0 Å². The molecule has 1 aromatic rings. The second-order valence-corrected chi connectivity index (χ2v) is 3.27. The van der Waals surface area contributed by atoms with Gasteiger partial charge in [0.25, 0.3) is 0 Å². The van der Waals surface area contributed by atoms with Crippen LogP contribution >= 0.6 is 0 Å². The fourth-order valence-corrected chi connectivity index (χ4v) is 1.61. The highest BCUT2D eigenvalue weighted by Gasteiger charge is 2.08. The summed E-state index contributed by atoms with van der Waals surface area (Å²) in [4.78, 5) is 4.51. The predicted molar refractivity (Wildman–Crippen MR) is 55.8 cm³/mol. The van der Waals surface area contributed by atoms with Crippen molar-refractivity contribution in [1.82, 2.24) is 4.98 Å². The molecule has 0 radical (unpaired) electrons. The van der Waals surface area contributed by atoms with Crippen molar-refractivity contribution in [1.29, 1.82) is 0 Å². The minimum Gasteiger partial charge on any atom is -0.370 e. The quantitative estimate of drug-likeness (QED) is 0.707. The van der Waals surface area contributed by atoms with Crippen LogP contribution in [0.25, 0.3) is 6.08 Å². The largest absolute Gasteiger partial charge is 0.370 e. The monoisotopic (exact) mass is 174 g/mol. The van der Waals surface area contributed by atoms with Gasteiger partial charge in [-0.3, -0.25) is 0 Å². The van der Waals surface area contributed by atoms with Crippen LogP contribution in [-0.2, 0) is 6.42 Å². The third-order valence-electron chi connectivity index (χ3n) is 2.25. The topological polar surface area (TPSA) is 24.9 Å². The van der Waals surface area contributed by atoms with Gasteiger partial charge in [-0.05, 0) is 37.5 Å². The lowest BCUT2D eigenvalue weighted by Gasteiger charge is -2.16. The van der Waals surface area contributed by atoms with Crippen LogP contribution in [0.5, 0.6) is 0 Å². The van der Waals surface area contributed by atoms with Gasteiger partial charge in [0.1, 0.15) is 5.82 Å². The lowest BCUT2D eigenvalue weighted by atomic mass is 10.1. The van der Waals surface area contributed by atoms with Gasteiger partial charge in [-0.15, -0.1) is 0 Å². The number of hydrogen-bond acceptors (Lipinski definition) is 2. The molecule has 2 nitrogen and oxygen atoms in total. The number of fused-ring (bicyclic) bond motifs is 1. The molecule has 2 heteroatoms. The van der Waals surface area contributed by atoms with Crippen LogP contribution in [-0.4, -0.2) is 11.5 Å². The number of aryl methyl sites for hydroxylation is 1. The van der Waals surface area contributed by atoms with Crippen molar-refractivity contribution < 1.29 is 0 Å². The Bertz CT molecular complexity index is 329. The maximum Gasteiger partial charge on any atom is 0.129 e. The molecular weight excluding hydrogens is 160 g/mol. The number of aromatic nitrogens is 1. The Morgan fingerprint density at radius 3 is 3.23 bits per heavy atom. The summed E-state index contributed by atoms with van der Waals surface area (Å²) in [5.74, 6) is 1.07. The second kappa shape index (κ2) is 3.60. The van der Waals surface area contributed by atoms with E-state index in [0.717, 1.165) is 24.5 Å². The Labute approximate surface area is 78.7 Å². The summed E-state index contributed by atoms with van der Waals surface area (Å²) in [7, 11) is 0. The maximum atomic E-state index is 4.51. The van der Waals surface area contributed by atoms with Crippen LogP contribution in [0.1, 0.15) is 24.6 Å². The lowest BCUT2D eigenvalue weighted by Crippen LogP contribution is -2.13. The molecule has 0 spiro atoms. The Balaban J connectivity index is 2.35. The number of allylic oxidation sites excluding steroid dienone is 1. The number of anilines is 1. The van der Waals surface area contributed by atoms with E-state index < -0.39 is 0 Å². The fraction of sp³-hybridized carbons (Fsp3) is 0.364. The molecule has 0 aliphatic carbocycles. The van der Waals surface area contributed by atoms with Crippen molar-refractivity contribution in [2.45, 2.75) is 19.8 Å². The van der Waals surface area contributed by atoms with Crippen LogP contribution in [0.15, 0.2) is 18.2 Å². The lowest BCUT2D eigenvalue weighted by molar-refractivity contribution is 0.817. The Hall–Kier alpha value is -1.31. The summed E-state index contributed by atoms with van der Waals surface area (Å²) in [5, 5.41) is 3.32. The van der Waals surface area contributed by atoms with E-state index in [1.165, 1.54) is 12.0 Å². The molecule has 68 valence electrons.